The molecule has 4 nitrogen and oxygen atoms in total. The average Bonchev–Trinajstić information content (AvgIpc) is 3.38. The second kappa shape index (κ2) is 18.2. The van der Waals surface area contributed by atoms with Crippen LogP contribution in [0, 0.1) is 5.82 Å². The van der Waals surface area contributed by atoms with Crippen molar-refractivity contribution in [2.45, 2.75) is 0 Å². The van der Waals surface area contributed by atoms with Crippen LogP contribution in [0.4, 0.5) is 38.5 Å². The Morgan fingerprint density at radius 2 is 0.688 bits per heavy atom. The molecule has 0 bridgehead atoms. The van der Waals surface area contributed by atoms with Crippen LogP contribution >= 0.6 is 0 Å². The lowest BCUT2D eigenvalue weighted by atomic mass is 10.1. The maximum Gasteiger partial charge on any atom is 0.228 e. The van der Waals surface area contributed by atoms with Crippen molar-refractivity contribution in [3.05, 3.63) is 266 Å². The van der Waals surface area contributed by atoms with Gasteiger partial charge in [0.1, 0.15) is 5.82 Å². The van der Waals surface area contributed by atoms with E-state index in [1.807, 2.05) is 65.7 Å². The predicted molar refractivity (Wildman–Crippen MR) is 266 cm³/mol. The zero-order valence-electron chi connectivity index (χ0n) is 35.4. The summed E-state index contributed by atoms with van der Waals surface area (Å²) < 4.78 is 18.9. The van der Waals surface area contributed by atoms with Crippen molar-refractivity contribution >= 4 is 75.4 Å². The van der Waals surface area contributed by atoms with E-state index >= 15 is 0 Å². The van der Waals surface area contributed by atoms with Crippen LogP contribution in [0.25, 0.3) is 0 Å². The minimum Gasteiger partial charge on any atom is -0.285 e. The van der Waals surface area contributed by atoms with Gasteiger partial charge < -0.3 is 0 Å². The van der Waals surface area contributed by atoms with Crippen molar-refractivity contribution in [1.82, 2.24) is 0 Å². The Morgan fingerprint density at radius 3 is 1.11 bits per heavy atom. The van der Waals surface area contributed by atoms with Gasteiger partial charge >= 0.3 is 0 Å². The van der Waals surface area contributed by atoms with Gasteiger partial charge in [-0.3, -0.25) is 9.80 Å². The van der Waals surface area contributed by atoms with E-state index in [1.165, 1.54) is 49.4 Å². The van der Waals surface area contributed by atoms with E-state index < -0.39 is 8.07 Å². The van der Waals surface area contributed by atoms with Gasteiger partial charge in [-0.1, -0.05) is 182 Å². The third-order valence-corrected chi connectivity index (χ3v) is 16.9. The van der Waals surface area contributed by atoms with Crippen molar-refractivity contribution < 1.29 is 13.5 Å². The highest BCUT2D eigenvalue weighted by Gasteiger charge is 2.45. The quantitative estimate of drug-likeness (QED) is 0.0858. The number of para-hydroxylation sites is 6. The minimum atomic E-state index is -2.74. The fraction of sp³-hybridized carbons (Fsp3) is 0.0345. The molecule has 0 aliphatic carbocycles. The SMILES string of the molecule is C1=[N+](c2ccccc2)CN(c2ccccc2)c2c1cccc2[Si](c1ccccc1)(c1ccccc1)c1ccccc1.Fc1cccc2c1N(c1ccccc1)C[N+](c1ccccc1)=C2. The van der Waals surface area contributed by atoms with Gasteiger partial charge in [0.2, 0.25) is 24.7 Å². The molecule has 11 rings (SSSR count). The molecule has 9 aromatic rings. The molecule has 64 heavy (non-hydrogen) atoms. The normalized spacial score (nSPS) is 13.1. The number of halogens is 1. The number of benzene rings is 9. The molecule has 0 saturated heterocycles. The molecule has 0 saturated carbocycles. The van der Waals surface area contributed by atoms with Crippen molar-refractivity contribution in [2.75, 3.05) is 23.1 Å². The smallest absolute Gasteiger partial charge is 0.228 e. The number of rotatable bonds is 8. The van der Waals surface area contributed by atoms with Crippen LogP contribution in [-0.4, -0.2) is 43.0 Å². The van der Waals surface area contributed by atoms with Gasteiger partial charge in [0, 0.05) is 35.6 Å². The Labute approximate surface area is 376 Å². The van der Waals surface area contributed by atoms with Crippen LogP contribution in [0.15, 0.2) is 249 Å². The van der Waals surface area contributed by atoms with Gasteiger partial charge in [-0.05, 0) is 63.2 Å². The Bertz CT molecular complexity index is 2940. The fourth-order valence-corrected chi connectivity index (χ4v) is 14.3. The molecule has 0 N–H and O–H groups in total. The first-order valence-electron chi connectivity index (χ1n) is 21.8. The standard InChI is InChI=1S/C38H31N2Si.C20H16FN2/c1-6-18-32(19-7-1)39-29-31-17-16-28-37(38(31)40(30-39)33-20-8-2-9-21-33)41(34-22-10-3-11-23-34,35-24-12-4-13-25-35)36-26-14-5-15-27-36;21-19-13-7-8-16-14-22(17-9-3-1-4-10-17)15-23(20(16)19)18-11-5-2-6-12-18/h1-29H,30H2;1-14H,15H2/q2*+1. The van der Waals surface area contributed by atoms with E-state index in [-0.39, 0.29) is 5.82 Å². The van der Waals surface area contributed by atoms with Crippen LogP contribution in [0.5, 0.6) is 0 Å². The molecule has 0 unspecified atom stereocenters. The first-order chi connectivity index (χ1) is 31.7. The molecule has 0 atom stereocenters. The average molecular weight is 847 g/mol. The highest BCUT2D eigenvalue weighted by Crippen LogP contribution is 2.35. The third-order valence-electron chi connectivity index (χ3n) is 12.1. The van der Waals surface area contributed by atoms with E-state index in [4.69, 9.17) is 0 Å². The van der Waals surface area contributed by atoms with Crippen molar-refractivity contribution in [3.63, 3.8) is 0 Å². The first kappa shape index (κ1) is 40.2. The number of fused-ring (bicyclic) bond motifs is 2. The van der Waals surface area contributed by atoms with Gasteiger partial charge in [0.25, 0.3) is 0 Å². The van der Waals surface area contributed by atoms with Crippen molar-refractivity contribution in [2.24, 2.45) is 0 Å². The van der Waals surface area contributed by atoms with E-state index in [1.54, 1.807) is 6.07 Å². The lowest BCUT2D eigenvalue weighted by molar-refractivity contribution is -0.434. The third kappa shape index (κ3) is 7.76. The van der Waals surface area contributed by atoms with Gasteiger partial charge in [-0.15, -0.1) is 0 Å². The summed E-state index contributed by atoms with van der Waals surface area (Å²) in [4.78, 5) is 4.52. The number of nitrogens with zero attached hydrogens (tertiary/aromatic N) is 4. The summed E-state index contributed by atoms with van der Waals surface area (Å²) in [5.41, 5.74) is 8.45. The molecule has 0 amide bonds. The Morgan fingerprint density at radius 1 is 0.344 bits per heavy atom. The molecule has 6 heteroatoms. The zero-order valence-corrected chi connectivity index (χ0v) is 36.4. The summed E-state index contributed by atoms with van der Waals surface area (Å²) in [6.07, 6.45) is 4.33. The molecular weight excluding hydrogens is 800 g/mol. The predicted octanol–water partition coefficient (Wildman–Crippen LogP) is 10.6. The van der Waals surface area contributed by atoms with Gasteiger partial charge in [0.15, 0.2) is 20.5 Å². The van der Waals surface area contributed by atoms with Crippen molar-refractivity contribution in [1.29, 1.82) is 0 Å². The summed E-state index contributed by atoms with van der Waals surface area (Å²) in [6, 6.07) is 87.2. The molecule has 2 aliphatic heterocycles. The van der Waals surface area contributed by atoms with E-state index in [9.17, 15) is 4.39 Å². The second-order valence-electron chi connectivity index (χ2n) is 15.9. The van der Waals surface area contributed by atoms with Crippen LogP contribution < -0.4 is 30.5 Å². The zero-order chi connectivity index (χ0) is 43.1. The Hall–Kier alpha value is -7.93. The molecule has 0 fully saturated rings. The topological polar surface area (TPSA) is 12.5 Å². The van der Waals surface area contributed by atoms with Gasteiger partial charge in [0.05, 0.1) is 22.5 Å². The monoisotopic (exact) mass is 846 g/mol. The summed E-state index contributed by atoms with van der Waals surface area (Å²) in [6.45, 7) is 1.29. The number of hydrogen-bond donors (Lipinski definition) is 0. The summed E-state index contributed by atoms with van der Waals surface area (Å²) in [5, 5.41) is 5.53. The lowest BCUT2D eigenvalue weighted by Crippen LogP contribution is -2.75. The Kier molecular flexibility index (Phi) is 11.4. The minimum absolute atomic E-state index is 0.199. The van der Waals surface area contributed by atoms with E-state index in [0.29, 0.717) is 12.4 Å². The number of anilines is 4. The van der Waals surface area contributed by atoms with Gasteiger partial charge in [-0.2, -0.15) is 9.15 Å². The molecule has 2 heterocycles. The summed E-state index contributed by atoms with van der Waals surface area (Å²) in [7, 11) is -2.74. The second-order valence-corrected chi connectivity index (χ2v) is 19.7. The molecule has 0 radical (unpaired) electrons. The maximum atomic E-state index is 14.5. The number of hydrogen-bond acceptors (Lipinski definition) is 2. The first-order valence-corrected chi connectivity index (χ1v) is 23.8. The van der Waals surface area contributed by atoms with Gasteiger partial charge in [-0.25, -0.2) is 4.39 Å². The highest BCUT2D eigenvalue weighted by atomic mass is 28.3. The lowest BCUT2D eigenvalue weighted by Gasteiger charge is -2.39. The largest absolute Gasteiger partial charge is 0.285 e. The molecule has 0 spiro atoms. The molecule has 9 aromatic carbocycles. The molecule has 2 aliphatic rings. The fourth-order valence-electron chi connectivity index (χ4n) is 9.27. The summed E-state index contributed by atoms with van der Waals surface area (Å²) >= 11 is 0. The highest BCUT2D eigenvalue weighted by molar-refractivity contribution is 7.20. The van der Waals surface area contributed by atoms with E-state index in [2.05, 4.69) is 202 Å². The molecule has 0 aromatic heterocycles. The summed E-state index contributed by atoms with van der Waals surface area (Å²) in [5.74, 6) is -0.199. The van der Waals surface area contributed by atoms with Crippen LogP contribution in [-0.2, 0) is 0 Å². The van der Waals surface area contributed by atoms with Crippen molar-refractivity contribution in [3.8, 4) is 0 Å². The Balaban J connectivity index is 0.000000178. The van der Waals surface area contributed by atoms with Crippen LogP contribution in [0.3, 0.4) is 0 Å². The maximum absolute atomic E-state index is 14.5. The van der Waals surface area contributed by atoms with Crippen LogP contribution in [0.1, 0.15) is 11.1 Å². The van der Waals surface area contributed by atoms with Crippen LogP contribution in [0.2, 0.25) is 0 Å². The molecule has 308 valence electrons. The van der Waals surface area contributed by atoms with E-state index in [0.717, 1.165) is 23.6 Å². The molecular formula is C58H47FN4Si+2.